The Kier molecular flexibility index (Phi) is 20.1. The van der Waals surface area contributed by atoms with Crippen LogP contribution < -0.4 is 0 Å². The maximum Gasteiger partial charge on any atom is 0.338 e. The van der Waals surface area contributed by atoms with E-state index in [1.54, 1.807) is 43.3 Å². The molecule has 15 atom stereocenters. The maximum atomic E-state index is 14.0. The Hall–Kier alpha value is -7.50. The summed E-state index contributed by atoms with van der Waals surface area (Å²) in [5, 5.41) is 11.5. The molecular formula is C45H54N10O17. The zero-order chi connectivity index (χ0) is 52.6. The molecule has 0 spiro atoms. The molecule has 2 aromatic rings. The van der Waals surface area contributed by atoms with E-state index in [4.69, 9.17) is 47.4 Å². The van der Waals surface area contributed by atoms with Crippen LogP contribution in [-0.4, -0.2) is 151 Å². The molecule has 1 amide bonds. The van der Waals surface area contributed by atoms with Gasteiger partial charge >= 0.3 is 35.8 Å². The average Bonchev–Trinajstić information content (AvgIpc) is 3.64. The van der Waals surface area contributed by atoms with Crippen LogP contribution in [0.4, 0.5) is 0 Å². The van der Waals surface area contributed by atoms with E-state index in [0.717, 1.165) is 27.7 Å². The summed E-state index contributed by atoms with van der Waals surface area (Å²) in [5.74, 6) is -5.97. The van der Waals surface area contributed by atoms with Crippen LogP contribution in [0.25, 0.3) is 31.3 Å². The lowest BCUT2D eigenvalue weighted by atomic mass is 9.82. The number of rotatable bonds is 20. The number of benzene rings is 2. The van der Waals surface area contributed by atoms with Gasteiger partial charge < -0.3 is 52.3 Å². The number of carbonyl (C=O) groups is 7. The Morgan fingerprint density at radius 2 is 1.18 bits per heavy atom. The van der Waals surface area contributed by atoms with Crippen molar-refractivity contribution in [2.45, 2.75) is 153 Å². The molecular weight excluding hydrogens is 953 g/mol. The van der Waals surface area contributed by atoms with Crippen LogP contribution in [0.15, 0.2) is 76.0 Å². The summed E-state index contributed by atoms with van der Waals surface area (Å²) in [6.45, 7) is 8.13. The van der Waals surface area contributed by atoms with Crippen LogP contribution in [0.2, 0.25) is 0 Å². The molecule has 2 aromatic carbocycles. The van der Waals surface area contributed by atoms with Crippen LogP contribution in [0.3, 0.4) is 0 Å². The Morgan fingerprint density at radius 3 is 1.69 bits per heavy atom. The van der Waals surface area contributed by atoms with Gasteiger partial charge in [0, 0.05) is 55.9 Å². The number of carbonyl (C=O) groups excluding carboxylic acids is 7. The van der Waals surface area contributed by atoms with Crippen LogP contribution in [0.1, 0.15) is 82.0 Å². The number of nitrogens with zero attached hydrogens (tertiary/aromatic N) is 10. The molecule has 7 unspecified atom stereocenters. The summed E-state index contributed by atoms with van der Waals surface area (Å²) in [7, 11) is 0. The fraction of sp³-hybridized carbons (Fsp3) is 0.578. The minimum atomic E-state index is -1.94. The molecule has 0 radical (unpaired) electrons. The Bertz CT molecular complexity index is 2420. The van der Waals surface area contributed by atoms with Gasteiger partial charge in [-0.1, -0.05) is 58.7 Å². The highest BCUT2D eigenvalue weighted by molar-refractivity contribution is 5.90. The quantitative estimate of drug-likeness (QED) is 0.0547. The van der Waals surface area contributed by atoms with E-state index in [1.807, 2.05) is 0 Å². The van der Waals surface area contributed by atoms with Crippen molar-refractivity contribution in [1.29, 1.82) is 0 Å². The third kappa shape index (κ3) is 14.1. The molecule has 3 fully saturated rings. The lowest BCUT2D eigenvalue weighted by molar-refractivity contribution is -0.319. The van der Waals surface area contributed by atoms with Crippen molar-refractivity contribution in [2.75, 3.05) is 13.1 Å². The third-order valence-electron chi connectivity index (χ3n) is 11.5. The van der Waals surface area contributed by atoms with E-state index in [1.165, 1.54) is 43.0 Å². The minimum absolute atomic E-state index is 0.0326. The highest BCUT2D eigenvalue weighted by atomic mass is 16.8. The Morgan fingerprint density at radius 1 is 0.639 bits per heavy atom. The predicted octanol–water partition coefficient (Wildman–Crippen LogP) is 5.10. The largest absolute Gasteiger partial charge is 0.460 e. The van der Waals surface area contributed by atoms with Crippen molar-refractivity contribution in [1.82, 2.24) is 4.90 Å². The molecule has 0 N–H and O–H groups in total. The first-order valence-corrected chi connectivity index (χ1v) is 22.6. The minimum Gasteiger partial charge on any atom is -0.460 e. The fourth-order valence-corrected chi connectivity index (χ4v) is 8.76. The summed E-state index contributed by atoms with van der Waals surface area (Å²) in [4.78, 5) is 102. The van der Waals surface area contributed by atoms with Gasteiger partial charge in [-0.2, -0.15) is 0 Å². The second kappa shape index (κ2) is 26.1. The molecule has 3 aliphatic rings. The number of esters is 6. The molecule has 0 aromatic heterocycles. The summed E-state index contributed by atoms with van der Waals surface area (Å²) in [6.07, 6.45) is -19.9. The van der Waals surface area contributed by atoms with E-state index in [-0.39, 0.29) is 24.1 Å². The smallest absolute Gasteiger partial charge is 0.338 e. The molecule has 1 saturated carbocycles. The first kappa shape index (κ1) is 55.4. The Labute approximate surface area is 411 Å². The number of ether oxygens (including phenoxy) is 10. The summed E-state index contributed by atoms with van der Waals surface area (Å²) >= 11 is 0. The number of hydrogen-bond acceptors (Lipinski definition) is 20. The van der Waals surface area contributed by atoms with E-state index in [0.29, 0.717) is 6.42 Å². The second-order valence-electron chi connectivity index (χ2n) is 16.6. The highest BCUT2D eigenvalue weighted by Gasteiger charge is 2.59. The zero-order valence-corrected chi connectivity index (χ0v) is 40.2. The molecule has 5 rings (SSSR count). The summed E-state index contributed by atoms with van der Waals surface area (Å²) < 4.78 is 60.7. The summed E-state index contributed by atoms with van der Waals surface area (Å²) in [6, 6.07) is 10.9. The lowest BCUT2D eigenvalue weighted by Gasteiger charge is -2.51. The van der Waals surface area contributed by atoms with Crippen molar-refractivity contribution >= 4 is 41.7 Å². The number of amides is 1. The second-order valence-corrected chi connectivity index (χ2v) is 16.6. The lowest BCUT2D eigenvalue weighted by Crippen LogP contribution is -2.67. The van der Waals surface area contributed by atoms with Gasteiger partial charge in [-0.25, -0.2) is 9.59 Å². The molecule has 0 bridgehead atoms. The van der Waals surface area contributed by atoms with E-state index >= 15 is 0 Å². The fourth-order valence-electron chi connectivity index (χ4n) is 8.76. The first-order chi connectivity index (χ1) is 34.4. The monoisotopic (exact) mass is 1010 g/mol. The van der Waals surface area contributed by atoms with Crippen LogP contribution in [-0.2, 0) is 71.3 Å². The normalized spacial score (nSPS) is 28.9. The average molecular weight is 1010 g/mol. The van der Waals surface area contributed by atoms with Crippen molar-refractivity contribution in [3.05, 3.63) is 103 Å². The van der Waals surface area contributed by atoms with Gasteiger partial charge in [0.2, 0.25) is 5.91 Å². The van der Waals surface area contributed by atoms with Gasteiger partial charge in [0.25, 0.3) is 0 Å². The van der Waals surface area contributed by atoms with Gasteiger partial charge in [0.15, 0.2) is 43.1 Å². The van der Waals surface area contributed by atoms with Crippen molar-refractivity contribution < 1.29 is 80.9 Å². The van der Waals surface area contributed by atoms with Gasteiger partial charge in [-0.15, -0.1) is 0 Å². The molecule has 2 aliphatic heterocycles. The molecule has 27 nitrogen and oxygen atoms in total. The highest BCUT2D eigenvalue weighted by Crippen LogP contribution is 2.40. The Balaban J connectivity index is 1.74. The van der Waals surface area contributed by atoms with Crippen LogP contribution in [0, 0.1) is 0 Å². The number of hydrogen-bond donors (Lipinski definition) is 0. The van der Waals surface area contributed by atoms with Crippen molar-refractivity contribution in [2.24, 2.45) is 15.3 Å². The topological polar surface area (TPSA) is 361 Å². The predicted molar refractivity (Wildman–Crippen MR) is 242 cm³/mol. The van der Waals surface area contributed by atoms with Gasteiger partial charge in [-0.3, -0.25) is 24.0 Å². The van der Waals surface area contributed by atoms with Gasteiger partial charge in [-0.05, 0) is 60.6 Å². The molecule has 386 valence electrons. The van der Waals surface area contributed by atoms with Crippen molar-refractivity contribution in [3.8, 4) is 0 Å². The standard InChI is InChI=1S/C45H54N10O17/c1-8-19-55(23(3)56)31-20-30(50-53-47)35(71-44-33(51-54-48)38(65-26(6)59)39(66-27(7)60)34(70-44)22(2)63-24(4)57)40(36(31)64-25(5)58)72-45-41(69-43(62)29-17-13-10-14-18-29)37(32(67-45)21-49-52-46)68-42(61)28-15-11-9-12-16-28/h9-18,22,30-41,44-45H,8,19-21H2,1-7H3/t22-,30?,31-,32-,33?,34?,35-,36-,37?,38-,39-,40?,41?,44-,45?/m1/s1. The van der Waals surface area contributed by atoms with Gasteiger partial charge in [0.05, 0.1) is 35.9 Å². The van der Waals surface area contributed by atoms with Crippen molar-refractivity contribution in [3.63, 3.8) is 0 Å². The van der Waals surface area contributed by atoms with E-state index in [9.17, 15) is 50.2 Å². The molecule has 2 saturated heterocycles. The maximum absolute atomic E-state index is 14.0. The summed E-state index contributed by atoms with van der Waals surface area (Å²) in [5.41, 5.74) is 29.6. The third-order valence-corrected chi connectivity index (χ3v) is 11.5. The van der Waals surface area contributed by atoms with Crippen LogP contribution in [0.5, 0.6) is 0 Å². The molecule has 1 aliphatic carbocycles. The van der Waals surface area contributed by atoms with E-state index < -0.39 is 140 Å². The van der Waals surface area contributed by atoms with E-state index in [2.05, 4.69) is 30.1 Å². The first-order valence-electron chi connectivity index (χ1n) is 22.6. The number of azide groups is 3. The molecule has 27 heteroatoms. The SMILES string of the molecule is CCCN(C(C)=O)[C@@H]1CC(N=[N+]=[N-])[C@@H](O[C@H]2OC([C@@H](C)OC(C)=O)[C@@H](OC(C)=O)[C@H](OC(C)=O)C2N=[N+]=[N-])C(OC2O[C@H](CN=[N+]=[N-])C(OC(=O)c3ccccc3)C2OC(=O)c2ccccc2)[C@@H]1OC(C)=O. The zero-order valence-electron chi connectivity index (χ0n) is 40.2. The molecule has 72 heavy (non-hydrogen) atoms. The van der Waals surface area contributed by atoms with Crippen LogP contribution >= 0.6 is 0 Å². The van der Waals surface area contributed by atoms with Gasteiger partial charge in [0.1, 0.15) is 30.5 Å². The molecule has 2 heterocycles.